The van der Waals surface area contributed by atoms with E-state index < -0.39 is 5.82 Å². The molecular formula is C19H18F2N4O. The Bertz CT molecular complexity index is 942. The first-order valence-electron chi connectivity index (χ1n) is 8.40. The predicted molar refractivity (Wildman–Crippen MR) is 96.9 cm³/mol. The number of hydrogen-bond donors (Lipinski definition) is 0. The number of anilines is 2. The van der Waals surface area contributed by atoms with Gasteiger partial charge in [-0.25, -0.2) is 18.7 Å². The van der Waals surface area contributed by atoms with Gasteiger partial charge in [-0.3, -0.25) is 0 Å². The summed E-state index contributed by atoms with van der Waals surface area (Å²) in [7, 11) is 1.43. The Morgan fingerprint density at radius 2 is 1.65 bits per heavy atom. The first-order chi connectivity index (χ1) is 12.7. The number of para-hydroxylation sites is 1. The van der Waals surface area contributed by atoms with Crippen LogP contribution in [0.5, 0.6) is 5.75 Å². The lowest BCUT2D eigenvalue weighted by Gasteiger charge is -2.37. The molecule has 7 heteroatoms. The number of hydrogen-bond acceptors (Lipinski definition) is 5. The number of methoxy groups -OCH3 is 1. The normalized spacial score (nSPS) is 14.7. The van der Waals surface area contributed by atoms with E-state index in [0.717, 1.165) is 11.2 Å². The van der Waals surface area contributed by atoms with Crippen molar-refractivity contribution < 1.29 is 13.5 Å². The second kappa shape index (κ2) is 6.74. The fourth-order valence-corrected chi connectivity index (χ4v) is 3.32. The molecule has 3 aromatic rings. The van der Waals surface area contributed by atoms with E-state index in [0.29, 0.717) is 37.4 Å². The highest BCUT2D eigenvalue weighted by atomic mass is 19.1. The van der Waals surface area contributed by atoms with Crippen LogP contribution >= 0.6 is 0 Å². The van der Waals surface area contributed by atoms with Crippen LogP contribution in [-0.2, 0) is 0 Å². The van der Waals surface area contributed by atoms with Gasteiger partial charge >= 0.3 is 0 Å². The Kier molecular flexibility index (Phi) is 4.28. The van der Waals surface area contributed by atoms with Crippen LogP contribution in [0.25, 0.3) is 10.9 Å². The van der Waals surface area contributed by atoms with Crippen molar-refractivity contribution in [3.05, 3.63) is 54.4 Å². The zero-order chi connectivity index (χ0) is 18.1. The van der Waals surface area contributed by atoms with E-state index in [4.69, 9.17) is 4.74 Å². The molecule has 0 radical (unpaired) electrons. The quantitative estimate of drug-likeness (QED) is 0.721. The highest BCUT2D eigenvalue weighted by Crippen LogP contribution is 2.30. The van der Waals surface area contributed by atoms with E-state index in [1.165, 1.54) is 25.6 Å². The smallest absolute Gasteiger partial charge is 0.167 e. The molecule has 1 fully saturated rings. The average Bonchev–Trinajstić information content (AvgIpc) is 2.67. The Morgan fingerprint density at radius 1 is 0.923 bits per heavy atom. The topological polar surface area (TPSA) is 41.5 Å². The van der Waals surface area contributed by atoms with Gasteiger partial charge in [0.1, 0.15) is 18.0 Å². The number of rotatable bonds is 3. The minimum absolute atomic E-state index is 0.165. The van der Waals surface area contributed by atoms with Crippen molar-refractivity contribution in [3.8, 4) is 5.75 Å². The summed E-state index contributed by atoms with van der Waals surface area (Å²) in [5, 5.41) is 0.741. The standard InChI is InChI=1S/C19H18F2N4O/c1-26-18-10-13-16(11-15(18)21)22-12-23-19(13)25-8-6-24(7-9-25)17-5-3-2-4-14(17)20/h2-5,10-12H,6-9H2,1H3. The van der Waals surface area contributed by atoms with Gasteiger partial charge in [0.15, 0.2) is 11.6 Å². The summed E-state index contributed by atoms with van der Waals surface area (Å²) in [6.07, 6.45) is 1.44. The van der Waals surface area contributed by atoms with Crippen LogP contribution in [0.15, 0.2) is 42.7 Å². The van der Waals surface area contributed by atoms with Gasteiger partial charge in [-0.05, 0) is 18.2 Å². The van der Waals surface area contributed by atoms with Crippen molar-refractivity contribution in [1.29, 1.82) is 0 Å². The molecule has 0 unspecified atom stereocenters. The summed E-state index contributed by atoms with van der Waals surface area (Å²) in [5.74, 6) is 0.239. The Labute approximate surface area is 149 Å². The lowest BCUT2D eigenvalue weighted by atomic mass is 10.2. The van der Waals surface area contributed by atoms with E-state index >= 15 is 0 Å². The van der Waals surface area contributed by atoms with Crippen molar-refractivity contribution in [1.82, 2.24) is 9.97 Å². The van der Waals surface area contributed by atoms with Crippen LogP contribution in [0.2, 0.25) is 0 Å². The Balaban J connectivity index is 1.61. The molecule has 26 heavy (non-hydrogen) atoms. The molecule has 5 nitrogen and oxygen atoms in total. The molecule has 1 aliphatic heterocycles. The minimum Gasteiger partial charge on any atom is -0.494 e. The second-order valence-corrected chi connectivity index (χ2v) is 6.13. The summed E-state index contributed by atoms with van der Waals surface area (Å²) in [6, 6.07) is 9.77. The first-order valence-corrected chi connectivity index (χ1v) is 8.40. The number of fused-ring (bicyclic) bond motifs is 1. The highest BCUT2D eigenvalue weighted by Gasteiger charge is 2.22. The monoisotopic (exact) mass is 356 g/mol. The Hall–Kier alpha value is -2.96. The molecule has 0 atom stereocenters. The number of benzene rings is 2. The number of nitrogens with zero attached hydrogens (tertiary/aromatic N) is 4. The van der Waals surface area contributed by atoms with Crippen molar-refractivity contribution in [3.63, 3.8) is 0 Å². The highest BCUT2D eigenvalue weighted by molar-refractivity contribution is 5.90. The van der Waals surface area contributed by atoms with Gasteiger partial charge in [0.2, 0.25) is 0 Å². The molecule has 1 aliphatic rings. The minimum atomic E-state index is -0.450. The SMILES string of the molecule is COc1cc2c(N3CCN(c4ccccc4F)CC3)ncnc2cc1F. The lowest BCUT2D eigenvalue weighted by molar-refractivity contribution is 0.387. The fourth-order valence-electron chi connectivity index (χ4n) is 3.32. The molecule has 0 spiro atoms. The largest absolute Gasteiger partial charge is 0.494 e. The molecule has 0 N–H and O–H groups in total. The van der Waals surface area contributed by atoms with Crippen molar-refractivity contribution >= 4 is 22.4 Å². The van der Waals surface area contributed by atoms with Crippen molar-refractivity contribution in [2.45, 2.75) is 0 Å². The molecule has 1 saturated heterocycles. The van der Waals surface area contributed by atoms with Crippen molar-refractivity contribution in [2.75, 3.05) is 43.1 Å². The third kappa shape index (κ3) is 2.89. The summed E-state index contributed by atoms with van der Waals surface area (Å²) in [5.41, 5.74) is 1.15. The van der Waals surface area contributed by atoms with Crippen LogP contribution in [0, 0.1) is 11.6 Å². The van der Waals surface area contributed by atoms with Crippen LogP contribution in [-0.4, -0.2) is 43.3 Å². The van der Waals surface area contributed by atoms with Gasteiger partial charge in [0.25, 0.3) is 0 Å². The van der Waals surface area contributed by atoms with Gasteiger partial charge in [-0.2, -0.15) is 0 Å². The molecule has 0 saturated carbocycles. The maximum atomic E-state index is 14.0. The molecule has 0 aliphatic carbocycles. The molecular weight excluding hydrogens is 338 g/mol. The molecule has 1 aromatic heterocycles. The molecule has 2 heterocycles. The van der Waals surface area contributed by atoms with Gasteiger partial charge in [-0.1, -0.05) is 12.1 Å². The maximum Gasteiger partial charge on any atom is 0.167 e. The summed E-state index contributed by atoms with van der Waals surface area (Å²) < 4.78 is 33.0. The first kappa shape index (κ1) is 16.5. The molecule has 4 rings (SSSR count). The van der Waals surface area contributed by atoms with E-state index in [1.54, 1.807) is 18.2 Å². The Morgan fingerprint density at radius 3 is 2.38 bits per heavy atom. The average molecular weight is 356 g/mol. The van der Waals surface area contributed by atoms with Crippen molar-refractivity contribution in [2.24, 2.45) is 0 Å². The summed E-state index contributed by atoms with van der Waals surface area (Å²) >= 11 is 0. The fraction of sp³-hybridized carbons (Fsp3) is 0.263. The van der Waals surface area contributed by atoms with Gasteiger partial charge in [-0.15, -0.1) is 0 Å². The zero-order valence-corrected chi connectivity index (χ0v) is 14.3. The molecule has 2 aromatic carbocycles. The van der Waals surface area contributed by atoms with Crippen LogP contribution in [0.4, 0.5) is 20.3 Å². The molecule has 0 bridgehead atoms. The number of halogens is 2. The van der Waals surface area contributed by atoms with E-state index in [1.807, 2.05) is 11.0 Å². The maximum absolute atomic E-state index is 14.0. The summed E-state index contributed by atoms with van der Waals surface area (Å²) in [6.45, 7) is 2.70. The zero-order valence-electron chi connectivity index (χ0n) is 14.3. The molecule has 134 valence electrons. The number of piperazine rings is 1. The van der Waals surface area contributed by atoms with Crippen LogP contribution < -0.4 is 14.5 Å². The van der Waals surface area contributed by atoms with Crippen LogP contribution in [0.3, 0.4) is 0 Å². The van der Waals surface area contributed by atoms with Gasteiger partial charge in [0, 0.05) is 37.6 Å². The van der Waals surface area contributed by atoms with E-state index in [-0.39, 0.29) is 11.6 Å². The van der Waals surface area contributed by atoms with Gasteiger partial charge in [0.05, 0.1) is 18.3 Å². The third-order valence-corrected chi connectivity index (χ3v) is 4.66. The predicted octanol–water partition coefficient (Wildman–Crippen LogP) is 3.24. The van der Waals surface area contributed by atoms with Crippen LogP contribution in [0.1, 0.15) is 0 Å². The third-order valence-electron chi connectivity index (χ3n) is 4.66. The van der Waals surface area contributed by atoms with Gasteiger partial charge < -0.3 is 14.5 Å². The number of aromatic nitrogens is 2. The second-order valence-electron chi connectivity index (χ2n) is 6.13. The van der Waals surface area contributed by atoms with E-state index in [2.05, 4.69) is 14.9 Å². The van der Waals surface area contributed by atoms with E-state index in [9.17, 15) is 8.78 Å². The molecule has 0 amide bonds. The summed E-state index contributed by atoms with van der Waals surface area (Å²) in [4.78, 5) is 12.7. The number of ether oxygens (including phenoxy) is 1. The lowest BCUT2D eigenvalue weighted by Crippen LogP contribution is -2.47.